The second-order valence-electron chi connectivity index (χ2n) is 8.06. The van der Waals surface area contributed by atoms with Gasteiger partial charge in [-0.2, -0.15) is 5.10 Å². The monoisotopic (exact) mass is 465 g/mol. The predicted octanol–water partition coefficient (Wildman–Crippen LogP) is 4.47. The molecule has 1 aromatic carbocycles. The number of aromatic nitrogens is 3. The third kappa shape index (κ3) is 4.28. The zero-order valence-corrected chi connectivity index (χ0v) is 19.4. The number of halogens is 1. The van der Waals surface area contributed by atoms with Crippen LogP contribution in [0.25, 0.3) is 21.5 Å². The van der Waals surface area contributed by atoms with Crippen LogP contribution in [0.3, 0.4) is 0 Å². The van der Waals surface area contributed by atoms with Gasteiger partial charge in [0, 0.05) is 54.4 Å². The first-order chi connectivity index (χ1) is 15.6. The molecular weight excluding hydrogens is 442 g/mol. The van der Waals surface area contributed by atoms with Gasteiger partial charge in [0.25, 0.3) is 0 Å². The number of thiophene rings is 1. The van der Waals surface area contributed by atoms with Gasteiger partial charge < -0.3 is 4.90 Å². The second kappa shape index (κ2) is 9.02. The Balaban J connectivity index is 1.26. The van der Waals surface area contributed by atoms with E-state index in [4.69, 9.17) is 11.6 Å². The van der Waals surface area contributed by atoms with Crippen molar-refractivity contribution < 1.29 is 4.79 Å². The van der Waals surface area contributed by atoms with Gasteiger partial charge in [-0.15, -0.1) is 11.3 Å². The van der Waals surface area contributed by atoms with E-state index in [0.717, 1.165) is 46.9 Å². The fourth-order valence-corrected chi connectivity index (χ4v) is 5.28. The fraction of sp³-hybridized carbons (Fsp3) is 0.292. The van der Waals surface area contributed by atoms with Gasteiger partial charge in [0.15, 0.2) is 5.65 Å². The molecule has 0 saturated carbocycles. The molecule has 1 fully saturated rings. The highest BCUT2D eigenvalue weighted by Crippen LogP contribution is 2.32. The van der Waals surface area contributed by atoms with Gasteiger partial charge in [-0.3, -0.25) is 9.69 Å². The van der Waals surface area contributed by atoms with Gasteiger partial charge in [-0.05, 0) is 42.1 Å². The molecule has 1 saturated heterocycles. The zero-order chi connectivity index (χ0) is 22.1. The molecule has 3 aromatic heterocycles. The molecule has 1 aliphatic rings. The minimum atomic E-state index is 0.0835. The maximum atomic E-state index is 13.0. The number of rotatable bonds is 5. The molecule has 1 amide bonds. The van der Waals surface area contributed by atoms with Crippen LogP contribution >= 0.6 is 22.9 Å². The van der Waals surface area contributed by atoms with E-state index in [1.54, 1.807) is 22.2 Å². The number of piperazine rings is 1. The first-order valence-corrected chi connectivity index (χ1v) is 11.9. The van der Waals surface area contributed by atoms with Gasteiger partial charge >= 0.3 is 0 Å². The first kappa shape index (κ1) is 21.1. The molecule has 0 atom stereocenters. The van der Waals surface area contributed by atoms with Crippen LogP contribution < -0.4 is 0 Å². The Morgan fingerprint density at radius 3 is 2.72 bits per heavy atom. The molecule has 4 heterocycles. The van der Waals surface area contributed by atoms with Crippen molar-refractivity contribution in [2.24, 2.45) is 0 Å². The highest BCUT2D eigenvalue weighted by Gasteiger charge is 2.23. The van der Waals surface area contributed by atoms with Crippen LogP contribution in [0.2, 0.25) is 5.02 Å². The Kier molecular flexibility index (Phi) is 5.95. The van der Waals surface area contributed by atoms with E-state index in [1.165, 1.54) is 10.4 Å². The molecule has 164 valence electrons. The van der Waals surface area contributed by atoms with Crippen molar-refractivity contribution in [1.29, 1.82) is 0 Å². The summed E-state index contributed by atoms with van der Waals surface area (Å²) in [5.74, 6) is 0.0835. The molecule has 0 bridgehead atoms. The molecular formula is C24H24ClN5OS. The number of nitrogens with zero attached hydrogens (tertiary/aromatic N) is 5. The lowest BCUT2D eigenvalue weighted by Crippen LogP contribution is -2.49. The maximum Gasteiger partial charge on any atom is 0.244 e. The zero-order valence-electron chi connectivity index (χ0n) is 17.9. The Hall–Kier alpha value is -2.74. The van der Waals surface area contributed by atoms with Crippen molar-refractivity contribution in [2.75, 3.05) is 26.2 Å². The minimum Gasteiger partial charge on any atom is -0.339 e. The van der Waals surface area contributed by atoms with Crippen molar-refractivity contribution in [1.82, 2.24) is 24.6 Å². The molecule has 0 unspecified atom stereocenters. The molecule has 4 aromatic rings. The Morgan fingerprint density at radius 1 is 1.12 bits per heavy atom. The summed E-state index contributed by atoms with van der Waals surface area (Å²) in [6.45, 7) is 6.16. The van der Waals surface area contributed by atoms with Crippen molar-refractivity contribution in [3.63, 3.8) is 0 Å². The van der Waals surface area contributed by atoms with Crippen LogP contribution in [0.15, 0.2) is 54.0 Å². The number of carbonyl (C=O) groups excluding carboxylic acids is 1. The fourth-order valence-electron chi connectivity index (χ4n) is 4.31. The summed E-state index contributed by atoms with van der Waals surface area (Å²) < 4.78 is 1.75. The van der Waals surface area contributed by atoms with E-state index in [1.807, 2.05) is 42.2 Å². The number of hydrogen-bond donors (Lipinski definition) is 0. The third-order valence-electron chi connectivity index (χ3n) is 5.90. The molecule has 1 aliphatic heterocycles. The largest absolute Gasteiger partial charge is 0.339 e. The lowest BCUT2D eigenvalue weighted by atomic mass is 10.1. The summed E-state index contributed by atoms with van der Waals surface area (Å²) in [5.41, 5.74) is 3.98. The van der Waals surface area contributed by atoms with E-state index < -0.39 is 0 Å². The number of amides is 1. The van der Waals surface area contributed by atoms with Gasteiger partial charge in [0.2, 0.25) is 5.91 Å². The number of benzene rings is 1. The minimum absolute atomic E-state index is 0.0835. The van der Waals surface area contributed by atoms with Crippen molar-refractivity contribution in [3.8, 4) is 10.4 Å². The van der Waals surface area contributed by atoms with Crippen LogP contribution in [0.4, 0.5) is 0 Å². The van der Waals surface area contributed by atoms with Gasteiger partial charge in [-0.1, -0.05) is 29.8 Å². The standard InChI is InChI=1S/C24H24ClN5OS/c1-17-23-20(21-6-3-13-32-21)7-8-26-24(23)30(27-17)16-22(31)29-11-9-28(10-12-29)15-18-4-2-5-19(25)14-18/h2-8,13-14H,9-12,15-16H2,1H3. The van der Waals surface area contributed by atoms with Crippen LogP contribution in [0.1, 0.15) is 11.3 Å². The molecule has 0 radical (unpaired) electrons. The number of fused-ring (bicyclic) bond motifs is 1. The average Bonchev–Trinajstić information content (AvgIpc) is 3.43. The molecule has 0 N–H and O–H groups in total. The summed E-state index contributed by atoms with van der Waals surface area (Å²) in [5, 5.41) is 8.51. The molecule has 8 heteroatoms. The van der Waals surface area contributed by atoms with E-state index in [9.17, 15) is 4.79 Å². The van der Waals surface area contributed by atoms with Gasteiger partial charge in [0.1, 0.15) is 6.54 Å². The van der Waals surface area contributed by atoms with Crippen LogP contribution in [0, 0.1) is 6.92 Å². The number of hydrogen-bond acceptors (Lipinski definition) is 5. The van der Waals surface area contributed by atoms with Crippen molar-refractivity contribution in [2.45, 2.75) is 20.0 Å². The van der Waals surface area contributed by atoms with E-state index in [0.29, 0.717) is 13.1 Å². The normalized spacial score (nSPS) is 14.9. The Bertz CT molecular complexity index is 1240. The predicted molar refractivity (Wildman–Crippen MR) is 129 cm³/mol. The summed E-state index contributed by atoms with van der Waals surface area (Å²) in [4.78, 5) is 23.1. The highest BCUT2D eigenvalue weighted by atomic mass is 35.5. The number of aryl methyl sites for hydroxylation is 1. The lowest BCUT2D eigenvalue weighted by Gasteiger charge is -2.34. The summed E-state index contributed by atoms with van der Waals surface area (Å²) in [7, 11) is 0. The summed E-state index contributed by atoms with van der Waals surface area (Å²) in [6.07, 6.45) is 1.80. The van der Waals surface area contributed by atoms with E-state index >= 15 is 0 Å². The Labute approximate surface area is 196 Å². The second-order valence-corrected chi connectivity index (χ2v) is 9.45. The van der Waals surface area contributed by atoms with Crippen LogP contribution in [0.5, 0.6) is 0 Å². The molecule has 0 spiro atoms. The Morgan fingerprint density at radius 2 is 1.97 bits per heavy atom. The quantitative estimate of drug-likeness (QED) is 0.436. The van der Waals surface area contributed by atoms with Crippen LogP contribution in [-0.2, 0) is 17.9 Å². The van der Waals surface area contributed by atoms with Gasteiger partial charge in [-0.25, -0.2) is 9.67 Å². The summed E-state index contributed by atoms with van der Waals surface area (Å²) in [6, 6.07) is 14.1. The SMILES string of the molecule is Cc1nn(CC(=O)N2CCN(Cc3cccc(Cl)c3)CC2)c2nccc(-c3cccs3)c12. The van der Waals surface area contributed by atoms with Crippen molar-refractivity contribution in [3.05, 3.63) is 70.3 Å². The molecule has 32 heavy (non-hydrogen) atoms. The van der Waals surface area contributed by atoms with Crippen LogP contribution in [-0.4, -0.2) is 56.7 Å². The average molecular weight is 466 g/mol. The van der Waals surface area contributed by atoms with E-state index in [-0.39, 0.29) is 12.5 Å². The first-order valence-electron chi connectivity index (χ1n) is 10.7. The lowest BCUT2D eigenvalue weighted by molar-refractivity contribution is -0.133. The van der Waals surface area contributed by atoms with Crippen molar-refractivity contribution >= 4 is 39.9 Å². The molecule has 5 rings (SSSR count). The number of carbonyl (C=O) groups is 1. The third-order valence-corrected chi connectivity index (χ3v) is 7.04. The molecule has 0 aliphatic carbocycles. The number of pyridine rings is 1. The summed E-state index contributed by atoms with van der Waals surface area (Å²) >= 11 is 7.80. The molecule has 6 nitrogen and oxygen atoms in total. The van der Waals surface area contributed by atoms with Gasteiger partial charge in [0.05, 0.1) is 11.1 Å². The smallest absolute Gasteiger partial charge is 0.244 e. The van der Waals surface area contributed by atoms with E-state index in [2.05, 4.69) is 32.5 Å². The maximum absolute atomic E-state index is 13.0. The topological polar surface area (TPSA) is 54.3 Å². The highest BCUT2D eigenvalue weighted by molar-refractivity contribution is 7.13.